The van der Waals surface area contributed by atoms with Gasteiger partial charge in [-0.05, 0) is 37.6 Å². The molecule has 0 aliphatic heterocycles. The predicted octanol–water partition coefficient (Wildman–Crippen LogP) is 1.97. The van der Waals surface area contributed by atoms with E-state index in [9.17, 15) is 0 Å². The standard InChI is InChI=1S/C16H23N3O2/c1-12(11-20)18-13(2)14-5-6-16(21-3)15(9-14)10-19-8-4-7-17-19/h4-9,12-13,18,20H,10-11H2,1-3H3/t12-,13?/m1/s1. The summed E-state index contributed by atoms with van der Waals surface area (Å²) in [6.45, 7) is 4.85. The molecule has 2 aromatic rings. The topological polar surface area (TPSA) is 59.3 Å². The first-order valence-corrected chi connectivity index (χ1v) is 7.15. The van der Waals surface area contributed by atoms with E-state index >= 15 is 0 Å². The van der Waals surface area contributed by atoms with Crippen molar-refractivity contribution in [2.75, 3.05) is 13.7 Å². The van der Waals surface area contributed by atoms with Gasteiger partial charge in [-0.2, -0.15) is 5.10 Å². The number of rotatable bonds is 7. The molecule has 0 aliphatic carbocycles. The molecule has 21 heavy (non-hydrogen) atoms. The average Bonchev–Trinajstić information content (AvgIpc) is 3.00. The molecule has 0 saturated carbocycles. The highest BCUT2D eigenvalue weighted by Gasteiger charge is 2.12. The highest BCUT2D eigenvalue weighted by molar-refractivity contribution is 5.38. The number of aromatic nitrogens is 2. The lowest BCUT2D eigenvalue weighted by Crippen LogP contribution is -2.31. The molecule has 2 N–H and O–H groups in total. The molecule has 5 nitrogen and oxygen atoms in total. The summed E-state index contributed by atoms with van der Waals surface area (Å²) in [7, 11) is 1.68. The van der Waals surface area contributed by atoms with Crippen LogP contribution in [0.4, 0.5) is 0 Å². The van der Waals surface area contributed by atoms with E-state index in [1.807, 2.05) is 36.0 Å². The Morgan fingerprint density at radius 3 is 2.81 bits per heavy atom. The maximum Gasteiger partial charge on any atom is 0.123 e. The molecule has 1 aromatic heterocycles. The largest absolute Gasteiger partial charge is 0.496 e. The van der Waals surface area contributed by atoms with E-state index in [0.717, 1.165) is 11.3 Å². The highest BCUT2D eigenvalue weighted by Crippen LogP contribution is 2.24. The van der Waals surface area contributed by atoms with Crippen LogP contribution in [0.5, 0.6) is 5.75 Å². The lowest BCUT2D eigenvalue weighted by molar-refractivity contribution is 0.243. The van der Waals surface area contributed by atoms with Crippen molar-refractivity contribution in [3.05, 3.63) is 47.8 Å². The molecule has 0 aliphatic rings. The minimum atomic E-state index is 0.0664. The Kier molecular flexibility index (Phi) is 5.36. The SMILES string of the molecule is COc1ccc(C(C)N[C@H](C)CO)cc1Cn1cccn1. The van der Waals surface area contributed by atoms with Crippen molar-refractivity contribution in [2.24, 2.45) is 0 Å². The fourth-order valence-corrected chi connectivity index (χ4v) is 2.34. The summed E-state index contributed by atoms with van der Waals surface area (Å²) in [5, 5.41) is 16.7. The summed E-state index contributed by atoms with van der Waals surface area (Å²) in [5.41, 5.74) is 2.25. The molecule has 5 heteroatoms. The minimum Gasteiger partial charge on any atom is -0.496 e. The maximum absolute atomic E-state index is 9.14. The van der Waals surface area contributed by atoms with Gasteiger partial charge in [-0.1, -0.05) is 6.07 Å². The van der Waals surface area contributed by atoms with Gasteiger partial charge in [-0.25, -0.2) is 0 Å². The molecule has 0 radical (unpaired) electrons. The molecule has 2 rings (SSSR count). The van der Waals surface area contributed by atoms with E-state index in [4.69, 9.17) is 9.84 Å². The molecule has 0 amide bonds. The Hall–Kier alpha value is -1.85. The zero-order valence-electron chi connectivity index (χ0n) is 12.8. The summed E-state index contributed by atoms with van der Waals surface area (Å²) in [6, 6.07) is 8.29. The summed E-state index contributed by atoms with van der Waals surface area (Å²) in [4.78, 5) is 0. The Morgan fingerprint density at radius 2 is 2.19 bits per heavy atom. The highest BCUT2D eigenvalue weighted by atomic mass is 16.5. The van der Waals surface area contributed by atoms with Crippen LogP contribution in [0.25, 0.3) is 0 Å². The van der Waals surface area contributed by atoms with Crippen LogP contribution in [0.1, 0.15) is 31.0 Å². The molecule has 114 valence electrons. The van der Waals surface area contributed by atoms with E-state index in [2.05, 4.69) is 23.4 Å². The molecular weight excluding hydrogens is 266 g/mol. The molecular formula is C16H23N3O2. The summed E-state index contributed by atoms with van der Waals surface area (Å²) < 4.78 is 7.30. The van der Waals surface area contributed by atoms with Crippen LogP contribution in [0.15, 0.2) is 36.7 Å². The van der Waals surface area contributed by atoms with Crippen LogP contribution in [0, 0.1) is 0 Å². The zero-order valence-corrected chi connectivity index (χ0v) is 12.8. The number of aliphatic hydroxyl groups excluding tert-OH is 1. The average molecular weight is 289 g/mol. The third-order valence-electron chi connectivity index (χ3n) is 3.50. The smallest absolute Gasteiger partial charge is 0.123 e. The Balaban J connectivity index is 2.20. The lowest BCUT2D eigenvalue weighted by atomic mass is 10.0. The Labute approximate surface area is 125 Å². The van der Waals surface area contributed by atoms with E-state index in [1.165, 1.54) is 5.56 Å². The molecule has 0 spiro atoms. The van der Waals surface area contributed by atoms with Crippen molar-refractivity contribution < 1.29 is 9.84 Å². The van der Waals surface area contributed by atoms with Crippen molar-refractivity contribution in [1.82, 2.24) is 15.1 Å². The number of aliphatic hydroxyl groups is 1. The molecule has 0 bridgehead atoms. The van der Waals surface area contributed by atoms with Gasteiger partial charge in [0, 0.05) is 30.0 Å². The second kappa shape index (κ2) is 7.24. The van der Waals surface area contributed by atoms with E-state index in [0.29, 0.717) is 6.54 Å². The van der Waals surface area contributed by atoms with Gasteiger partial charge in [0.15, 0.2) is 0 Å². The molecule has 2 atom stereocenters. The third kappa shape index (κ3) is 4.06. The summed E-state index contributed by atoms with van der Waals surface area (Å²) in [5.74, 6) is 0.858. The van der Waals surface area contributed by atoms with Crippen LogP contribution >= 0.6 is 0 Å². The Bertz CT molecular complexity index is 555. The van der Waals surface area contributed by atoms with Crippen molar-refractivity contribution in [1.29, 1.82) is 0 Å². The first-order valence-electron chi connectivity index (χ1n) is 7.15. The van der Waals surface area contributed by atoms with Crippen LogP contribution in [0.2, 0.25) is 0 Å². The van der Waals surface area contributed by atoms with E-state index in [-0.39, 0.29) is 18.7 Å². The first kappa shape index (κ1) is 15.5. The number of hydrogen-bond acceptors (Lipinski definition) is 4. The van der Waals surface area contributed by atoms with Crippen molar-refractivity contribution in [3.8, 4) is 5.75 Å². The number of nitrogens with zero attached hydrogens (tertiary/aromatic N) is 2. The van der Waals surface area contributed by atoms with Gasteiger partial charge in [0.05, 0.1) is 20.3 Å². The fraction of sp³-hybridized carbons (Fsp3) is 0.438. The number of benzene rings is 1. The van der Waals surface area contributed by atoms with Crippen LogP contribution in [-0.4, -0.2) is 34.6 Å². The summed E-state index contributed by atoms with van der Waals surface area (Å²) in [6.07, 6.45) is 3.70. The molecule has 0 saturated heterocycles. The van der Waals surface area contributed by atoms with Gasteiger partial charge < -0.3 is 15.2 Å². The second-order valence-corrected chi connectivity index (χ2v) is 5.25. The maximum atomic E-state index is 9.14. The van der Waals surface area contributed by atoms with Crippen molar-refractivity contribution >= 4 is 0 Å². The lowest BCUT2D eigenvalue weighted by Gasteiger charge is -2.20. The van der Waals surface area contributed by atoms with Gasteiger partial charge in [0.25, 0.3) is 0 Å². The fourth-order valence-electron chi connectivity index (χ4n) is 2.34. The van der Waals surface area contributed by atoms with Gasteiger partial charge in [-0.3, -0.25) is 4.68 Å². The van der Waals surface area contributed by atoms with Crippen LogP contribution < -0.4 is 10.1 Å². The first-order chi connectivity index (χ1) is 10.1. The molecule has 0 fully saturated rings. The second-order valence-electron chi connectivity index (χ2n) is 5.25. The van der Waals surface area contributed by atoms with E-state index in [1.54, 1.807) is 13.3 Å². The Morgan fingerprint density at radius 1 is 1.38 bits per heavy atom. The third-order valence-corrected chi connectivity index (χ3v) is 3.50. The van der Waals surface area contributed by atoms with Gasteiger partial charge in [0.2, 0.25) is 0 Å². The number of nitrogens with one attached hydrogen (secondary N) is 1. The van der Waals surface area contributed by atoms with Crippen LogP contribution in [-0.2, 0) is 6.54 Å². The number of methoxy groups -OCH3 is 1. The number of ether oxygens (including phenoxy) is 1. The quantitative estimate of drug-likeness (QED) is 0.818. The zero-order chi connectivity index (χ0) is 15.2. The van der Waals surface area contributed by atoms with Gasteiger partial charge in [0.1, 0.15) is 5.75 Å². The summed E-state index contributed by atoms with van der Waals surface area (Å²) >= 11 is 0. The van der Waals surface area contributed by atoms with Crippen molar-refractivity contribution in [2.45, 2.75) is 32.5 Å². The molecule has 1 heterocycles. The predicted molar refractivity (Wildman–Crippen MR) is 82.4 cm³/mol. The minimum absolute atomic E-state index is 0.0664. The molecule has 1 unspecified atom stereocenters. The van der Waals surface area contributed by atoms with Crippen LogP contribution in [0.3, 0.4) is 0 Å². The van der Waals surface area contributed by atoms with Gasteiger partial charge >= 0.3 is 0 Å². The van der Waals surface area contributed by atoms with E-state index < -0.39 is 0 Å². The monoisotopic (exact) mass is 289 g/mol. The molecule has 1 aromatic carbocycles. The van der Waals surface area contributed by atoms with Gasteiger partial charge in [-0.15, -0.1) is 0 Å². The number of hydrogen-bond donors (Lipinski definition) is 2. The van der Waals surface area contributed by atoms with Crippen molar-refractivity contribution in [3.63, 3.8) is 0 Å². The normalized spacial score (nSPS) is 13.9.